The molecule has 1 aromatic carbocycles. The van der Waals surface area contributed by atoms with Gasteiger partial charge in [0.25, 0.3) is 0 Å². The normalized spacial score (nSPS) is 12.6. The highest BCUT2D eigenvalue weighted by atomic mass is 16.2. The fourth-order valence-corrected chi connectivity index (χ4v) is 1.93. The van der Waals surface area contributed by atoms with Crippen molar-refractivity contribution in [2.24, 2.45) is 11.7 Å². The van der Waals surface area contributed by atoms with Gasteiger partial charge in [-0.2, -0.15) is 0 Å². The number of amides is 1. The number of rotatable bonds is 5. The molecule has 0 aliphatic heterocycles. The lowest BCUT2D eigenvalue weighted by Crippen LogP contribution is -2.40. The quantitative estimate of drug-likeness (QED) is 0.870. The van der Waals surface area contributed by atoms with E-state index in [2.05, 4.69) is 13.8 Å². The van der Waals surface area contributed by atoms with Gasteiger partial charge in [-0.25, -0.2) is 0 Å². The van der Waals surface area contributed by atoms with Crippen molar-refractivity contribution >= 4 is 5.91 Å². The number of hydrogen-bond donors (Lipinski definition) is 1. The van der Waals surface area contributed by atoms with Crippen LogP contribution < -0.4 is 5.73 Å². The predicted molar refractivity (Wildman–Crippen MR) is 75.2 cm³/mol. The van der Waals surface area contributed by atoms with Crippen molar-refractivity contribution in [2.75, 3.05) is 13.1 Å². The van der Waals surface area contributed by atoms with Crippen molar-refractivity contribution in [1.82, 2.24) is 4.90 Å². The second-order valence-electron chi connectivity index (χ2n) is 5.16. The highest BCUT2D eigenvalue weighted by Crippen LogP contribution is 2.15. The van der Waals surface area contributed by atoms with Gasteiger partial charge in [0, 0.05) is 13.1 Å². The van der Waals surface area contributed by atoms with Crippen LogP contribution >= 0.6 is 0 Å². The Morgan fingerprint density at radius 1 is 1.28 bits per heavy atom. The van der Waals surface area contributed by atoms with Gasteiger partial charge in [0.15, 0.2) is 0 Å². The highest BCUT2D eigenvalue weighted by Gasteiger charge is 2.21. The number of nitrogens with two attached hydrogens (primary N) is 1. The van der Waals surface area contributed by atoms with Gasteiger partial charge in [0.1, 0.15) is 6.04 Å². The van der Waals surface area contributed by atoms with Crippen LogP contribution in [0.25, 0.3) is 0 Å². The molecular formula is C15H24N2O. The Balaban J connectivity index is 2.78. The molecule has 0 bridgehead atoms. The van der Waals surface area contributed by atoms with Gasteiger partial charge >= 0.3 is 0 Å². The van der Waals surface area contributed by atoms with Crippen molar-refractivity contribution < 1.29 is 4.79 Å². The molecule has 0 saturated carbocycles. The molecule has 2 N–H and O–H groups in total. The third-order valence-electron chi connectivity index (χ3n) is 2.98. The van der Waals surface area contributed by atoms with Crippen molar-refractivity contribution in [3.05, 3.63) is 35.4 Å². The van der Waals surface area contributed by atoms with Crippen LogP contribution in [0.3, 0.4) is 0 Å². The molecule has 1 atom stereocenters. The maximum absolute atomic E-state index is 12.3. The SMILES string of the molecule is CCN(CC(C)C)C(=O)C(N)c1ccc(C)cc1. The standard InChI is InChI=1S/C15H24N2O/c1-5-17(10-11(2)3)15(18)14(16)13-8-6-12(4)7-9-13/h6-9,11,14H,5,10,16H2,1-4H3. The minimum absolute atomic E-state index is 0.00931. The zero-order valence-electron chi connectivity index (χ0n) is 11.8. The molecule has 1 aromatic rings. The Kier molecular flexibility index (Phi) is 5.35. The number of aryl methyl sites for hydroxylation is 1. The predicted octanol–water partition coefficient (Wildman–Crippen LogP) is 2.50. The van der Waals surface area contributed by atoms with Crippen LogP contribution in [-0.4, -0.2) is 23.9 Å². The molecule has 0 aliphatic rings. The summed E-state index contributed by atoms with van der Waals surface area (Å²) in [6.07, 6.45) is 0. The lowest BCUT2D eigenvalue weighted by atomic mass is 10.0. The fourth-order valence-electron chi connectivity index (χ4n) is 1.93. The summed E-state index contributed by atoms with van der Waals surface area (Å²) in [6.45, 7) is 9.68. The molecule has 100 valence electrons. The lowest BCUT2D eigenvalue weighted by Gasteiger charge is -2.26. The molecule has 0 heterocycles. The third kappa shape index (κ3) is 3.84. The molecule has 1 rings (SSSR count). The van der Waals surface area contributed by atoms with Gasteiger partial charge < -0.3 is 10.6 Å². The first-order chi connectivity index (χ1) is 8.45. The number of carbonyl (C=O) groups is 1. The molecule has 0 aliphatic carbocycles. The second kappa shape index (κ2) is 6.55. The van der Waals surface area contributed by atoms with Crippen LogP contribution in [0.15, 0.2) is 24.3 Å². The van der Waals surface area contributed by atoms with E-state index < -0.39 is 6.04 Å². The third-order valence-corrected chi connectivity index (χ3v) is 2.98. The first kappa shape index (κ1) is 14.7. The van der Waals surface area contributed by atoms with E-state index in [1.807, 2.05) is 43.0 Å². The smallest absolute Gasteiger partial charge is 0.244 e. The summed E-state index contributed by atoms with van der Waals surface area (Å²) in [6, 6.07) is 7.29. The van der Waals surface area contributed by atoms with Crippen molar-refractivity contribution in [1.29, 1.82) is 0 Å². The van der Waals surface area contributed by atoms with Crippen LogP contribution in [0.1, 0.15) is 37.9 Å². The molecule has 3 nitrogen and oxygen atoms in total. The molecule has 0 saturated heterocycles. The summed E-state index contributed by atoms with van der Waals surface area (Å²) >= 11 is 0. The Labute approximate surface area is 110 Å². The van der Waals surface area contributed by atoms with Crippen LogP contribution in [0, 0.1) is 12.8 Å². The lowest BCUT2D eigenvalue weighted by molar-refractivity contribution is -0.133. The summed E-state index contributed by atoms with van der Waals surface area (Å²) in [4.78, 5) is 14.1. The maximum atomic E-state index is 12.3. The molecule has 0 spiro atoms. The number of nitrogens with zero attached hydrogens (tertiary/aromatic N) is 1. The van der Waals surface area contributed by atoms with Crippen molar-refractivity contribution in [3.8, 4) is 0 Å². The number of benzene rings is 1. The Bertz CT molecular complexity index is 384. The Morgan fingerprint density at radius 2 is 1.83 bits per heavy atom. The molecule has 1 unspecified atom stereocenters. The first-order valence-electron chi connectivity index (χ1n) is 6.56. The van der Waals surface area contributed by atoms with Gasteiger partial charge in [-0.15, -0.1) is 0 Å². The van der Waals surface area contributed by atoms with Crippen LogP contribution in [0.5, 0.6) is 0 Å². The van der Waals surface area contributed by atoms with Crippen LogP contribution in [-0.2, 0) is 4.79 Å². The van der Waals surface area contributed by atoms with E-state index in [0.29, 0.717) is 12.5 Å². The van der Waals surface area contributed by atoms with E-state index >= 15 is 0 Å². The van der Waals surface area contributed by atoms with Crippen LogP contribution in [0.4, 0.5) is 0 Å². The zero-order chi connectivity index (χ0) is 13.7. The molecule has 0 aromatic heterocycles. The van der Waals surface area contributed by atoms with Gasteiger partial charge in [-0.3, -0.25) is 4.79 Å². The Morgan fingerprint density at radius 3 is 2.28 bits per heavy atom. The summed E-state index contributed by atoms with van der Waals surface area (Å²) in [5.41, 5.74) is 8.11. The maximum Gasteiger partial charge on any atom is 0.244 e. The molecular weight excluding hydrogens is 224 g/mol. The summed E-state index contributed by atoms with van der Waals surface area (Å²) in [7, 11) is 0. The Hall–Kier alpha value is -1.35. The average molecular weight is 248 g/mol. The molecule has 0 fully saturated rings. The van der Waals surface area contributed by atoms with E-state index in [9.17, 15) is 4.79 Å². The summed E-state index contributed by atoms with van der Waals surface area (Å²) in [5.74, 6) is 0.467. The fraction of sp³-hybridized carbons (Fsp3) is 0.533. The monoisotopic (exact) mass is 248 g/mol. The number of hydrogen-bond acceptors (Lipinski definition) is 2. The largest absolute Gasteiger partial charge is 0.341 e. The number of carbonyl (C=O) groups excluding carboxylic acids is 1. The first-order valence-corrected chi connectivity index (χ1v) is 6.56. The second-order valence-corrected chi connectivity index (χ2v) is 5.16. The topological polar surface area (TPSA) is 46.3 Å². The molecule has 3 heteroatoms. The van der Waals surface area contributed by atoms with Gasteiger partial charge in [-0.05, 0) is 25.3 Å². The van der Waals surface area contributed by atoms with E-state index in [1.54, 1.807) is 0 Å². The summed E-state index contributed by atoms with van der Waals surface area (Å²) < 4.78 is 0. The van der Waals surface area contributed by atoms with E-state index in [1.165, 1.54) is 5.56 Å². The molecule has 1 amide bonds. The highest BCUT2D eigenvalue weighted by molar-refractivity contribution is 5.83. The minimum atomic E-state index is -0.552. The molecule has 18 heavy (non-hydrogen) atoms. The van der Waals surface area contributed by atoms with E-state index in [-0.39, 0.29) is 5.91 Å². The van der Waals surface area contributed by atoms with Gasteiger partial charge in [-0.1, -0.05) is 43.7 Å². The van der Waals surface area contributed by atoms with Crippen molar-refractivity contribution in [3.63, 3.8) is 0 Å². The van der Waals surface area contributed by atoms with E-state index in [4.69, 9.17) is 5.73 Å². The van der Waals surface area contributed by atoms with E-state index in [0.717, 1.165) is 12.1 Å². The van der Waals surface area contributed by atoms with Gasteiger partial charge in [0.05, 0.1) is 0 Å². The summed E-state index contributed by atoms with van der Waals surface area (Å²) in [5, 5.41) is 0. The minimum Gasteiger partial charge on any atom is -0.341 e. The molecule has 0 radical (unpaired) electrons. The number of likely N-dealkylation sites (N-methyl/N-ethyl adjacent to an activating group) is 1. The van der Waals surface area contributed by atoms with Crippen LogP contribution in [0.2, 0.25) is 0 Å². The van der Waals surface area contributed by atoms with Gasteiger partial charge in [0.2, 0.25) is 5.91 Å². The zero-order valence-corrected chi connectivity index (χ0v) is 11.8. The van der Waals surface area contributed by atoms with Crippen molar-refractivity contribution in [2.45, 2.75) is 33.7 Å². The average Bonchev–Trinajstić information content (AvgIpc) is 2.35.